The molecule has 1 atom stereocenters. The summed E-state index contributed by atoms with van der Waals surface area (Å²) in [5, 5.41) is 0.579. The number of halogens is 2. The van der Waals surface area contributed by atoms with Crippen LogP contribution in [-0.2, 0) is 12.8 Å². The standard InChI is InChI=1S/C14H14Cl2O/c1-2-11-7-8-14(17-11)13(16)9-10-5-3-4-6-12(10)15/h3-8,13H,2,9H2,1H3. The third-order valence-corrected chi connectivity index (χ3v) is 3.43. The van der Waals surface area contributed by atoms with Crippen LogP contribution in [-0.4, -0.2) is 0 Å². The quantitative estimate of drug-likeness (QED) is 0.710. The smallest absolute Gasteiger partial charge is 0.122 e. The van der Waals surface area contributed by atoms with Crippen molar-refractivity contribution in [2.75, 3.05) is 0 Å². The monoisotopic (exact) mass is 268 g/mol. The summed E-state index contributed by atoms with van der Waals surface area (Å²) < 4.78 is 5.63. The van der Waals surface area contributed by atoms with Gasteiger partial charge >= 0.3 is 0 Å². The van der Waals surface area contributed by atoms with Crippen molar-refractivity contribution < 1.29 is 4.42 Å². The Morgan fingerprint density at radius 1 is 1.18 bits per heavy atom. The average Bonchev–Trinajstić information content (AvgIpc) is 2.81. The molecule has 17 heavy (non-hydrogen) atoms. The normalized spacial score (nSPS) is 12.6. The van der Waals surface area contributed by atoms with Crippen molar-refractivity contribution >= 4 is 23.2 Å². The van der Waals surface area contributed by atoms with Gasteiger partial charge in [-0.25, -0.2) is 0 Å². The van der Waals surface area contributed by atoms with Crippen LogP contribution in [0, 0.1) is 0 Å². The first-order chi connectivity index (χ1) is 8.20. The molecule has 0 N–H and O–H groups in total. The maximum Gasteiger partial charge on any atom is 0.122 e. The Kier molecular flexibility index (Phi) is 4.14. The van der Waals surface area contributed by atoms with E-state index in [4.69, 9.17) is 27.6 Å². The van der Waals surface area contributed by atoms with Crippen LogP contribution < -0.4 is 0 Å². The summed E-state index contributed by atoms with van der Waals surface area (Å²) in [6, 6.07) is 11.6. The molecule has 0 saturated heterocycles. The molecule has 1 nitrogen and oxygen atoms in total. The summed E-state index contributed by atoms with van der Waals surface area (Å²) in [6.45, 7) is 2.06. The lowest BCUT2D eigenvalue weighted by molar-refractivity contribution is 0.464. The Bertz CT molecular complexity index is 490. The van der Waals surface area contributed by atoms with Gasteiger partial charge in [0.25, 0.3) is 0 Å². The van der Waals surface area contributed by atoms with Gasteiger partial charge in [0, 0.05) is 11.4 Å². The van der Waals surface area contributed by atoms with Crippen LogP contribution >= 0.6 is 23.2 Å². The minimum Gasteiger partial charge on any atom is -0.465 e. The molecule has 0 amide bonds. The molecule has 0 bridgehead atoms. The van der Waals surface area contributed by atoms with Gasteiger partial charge in [0.2, 0.25) is 0 Å². The lowest BCUT2D eigenvalue weighted by Crippen LogP contribution is -1.95. The van der Waals surface area contributed by atoms with E-state index in [-0.39, 0.29) is 5.38 Å². The molecule has 1 heterocycles. The van der Waals surface area contributed by atoms with E-state index in [9.17, 15) is 0 Å². The fourth-order valence-electron chi connectivity index (χ4n) is 1.71. The molecule has 0 aliphatic heterocycles. The zero-order valence-corrected chi connectivity index (χ0v) is 11.1. The van der Waals surface area contributed by atoms with Crippen LogP contribution in [0.25, 0.3) is 0 Å². The first kappa shape index (κ1) is 12.5. The minimum absolute atomic E-state index is 0.171. The van der Waals surface area contributed by atoms with E-state index >= 15 is 0 Å². The van der Waals surface area contributed by atoms with Crippen molar-refractivity contribution in [1.29, 1.82) is 0 Å². The van der Waals surface area contributed by atoms with Crippen LogP contribution in [0.4, 0.5) is 0 Å². The van der Waals surface area contributed by atoms with Crippen LogP contribution in [0.3, 0.4) is 0 Å². The topological polar surface area (TPSA) is 13.1 Å². The average molecular weight is 269 g/mol. The van der Waals surface area contributed by atoms with Crippen molar-refractivity contribution in [3.63, 3.8) is 0 Å². The van der Waals surface area contributed by atoms with E-state index in [0.29, 0.717) is 6.42 Å². The number of furan rings is 1. The number of aryl methyl sites for hydroxylation is 1. The molecule has 1 aromatic heterocycles. The van der Waals surface area contributed by atoms with E-state index in [1.165, 1.54) is 0 Å². The summed E-state index contributed by atoms with van der Waals surface area (Å²) in [4.78, 5) is 0. The van der Waals surface area contributed by atoms with Gasteiger partial charge < -0.3 is 4.42 Å². The highest BCUT2D eigenvalue weighted by Crippen LogP contribution is 2.29. The first-order valence-electron chi connectivity index (χ1n) is 5.66. The molecular formula is C14H14Cl2O. The van der Waals surface area contributed by atoms with E-state index in [2.05, 4.69) is 6.92 Å². The highest BCUT2D eigenvalue weighted by atomic mass is 35.5. The summed E-state index contributed by atoms with van der Waals surface area (Å²) >= 11 is 12.4. The molecule has 0 saturated carbocycles. The maximum absolute atomic E-state index is 6.33. The Morgan fingerprint density at radius 2 is 1.94 bits per heavy atom. The SMILES string of the molecule is CCc1ccc(C(Cl)Cc2ccccc2Cl)o1. The zero-order valence-electron chi connectivity index (χ0n) is 9.62. The number of hydrogen-bond donors (Lipinski definition) is 0. The molecule has 0 spiro atoms. The van der Waals surface area contributed by atoms with Gasteiger partial charge in [-0.3, -0.25) is 0 Å². The van der Waals surface area contributed by atoms with Crippen molar-refractivity contribution in [2.24, 2.45) is 0 Å². The van der Waals surface area contributed by atoms with E-state index in [1.54, 1.807) is 0 Å². The van der Waals surface area contributed by atoms with E-state index in [0.717, 1.165) is 28.5 Å². The molecule has 2 rings (SSSR count). The lowest BCUT2D eigenvalue weighted by atomic mass is 10.1. The molecule has 0 fully saturated rings. The van der Waals surface area contributed by atoms with Gasteiger partial charge in [-0.15, -0.1) is 11.6 Å². The van der Waals surface area contributed by atoms with Gasteiger partial charge in [-0.1, -0.05) is 36.7 Å². The fraction of sp³-hybridized carbons (Fsp3) is 0.286. The molecule has 2 aromatic rings. The second-order valence-electron chi connectivity index (χ2n) is 3.92. The molecule has 0 aliphatic rings. The summed E-state index contributed by atoms with van der Waals surface area (Å²) in [7, 11) is 0. The third-order valence-electron chi connectivity index (χ3n) is 2.70. The van der Waals surface area contributed by atoms with Crippen LogP contribution in [0.2, 0.25) is 5.02 Å². The van der Waals surface area contributed by atoms with Gasteiger partial charge in [0.05, 0.1) is 5.38 Å². The number of alkyl halides is 1. The highest BCUT2D eigenvalue weighted by Gasteiger charge is 2.14. The van der Waals surface area contributed by atoms with Crippen LogP contribution in [0.5, 0.6) is 0 Å². The molecule has 0 radical (unpaired) electrons. The molecule has 0 aliphatic carbocycles. The van der Waals surface area contributed by atoms with Crippen molar-refractivity contribution in [3.05, 3.63) is 58.5 Å². The predicted molar refractivity (Wildman–Crippen MR) is 71.8 cm³/mol. The minimum atomic E-state index is -0.171. The van der Waals surface area contributed by atoms with Gasteiger partial charge in [0.1, 0.15) is 11.5 Å². The second-order valence-corrected chi connectivity index (χ2v) is 4.85. The molecule has 3 heteroatoms. The fourth-order valence-corrected chi connectivity index (χ4v) is 2.21. The predicted octanol–water partition coefficient (Wildman–Crippen LogP) is 5.02. The van der Waals surface area contributed by atoms with Gasteiger partial charge in [-0.05, 0) is 30.2 Å². The molecule has 1 unspecified atom stereocenters. The third kappa shape index (κ3) is 3.05. The van der Waals surface area contributed by atoms with E-state index < -0.39 is 0 Å². The number of hydrogen-bond acceptors (Lipinski definition) is 1. The largest absolute Gasteiger partial charge is 0.465 e. The Morgan fingerprint density at radius 3 is 2.59 bits per heavy atom. The molecule has 1 aromatic carbocycles. The van der Waals surface area contributed by atoms with Crippen LogP contribution in [0.15, 0.2) is 40.8 Å². The van der Waals surface area contributed by atoms with Crippen LogP contribution in [0.1, 0.15) is 29.4 Å². The van der Waals surface area contributed by atoms with Crippen molar-refractivity contribution in [2.45, 2.75) is 25.1 Å². The molecule has 90 valence electrons. The van der Waals surface area contributed by atoms with Gasteiger partial charge in [0.15, 0.2) is 0 Å². The molecular weight excluding hydrogens is 255 g/mol. The Labute approximate surface area is 111 Å². The highest BCUT2D eigenvalue weighted by molar-refractivity contribution is 6.31. The Hall–Kier alpha value is -0.920. The Balaban J connectivity index is 2.11. The van der Waals surface area contributed by atoms with E-state index in [1.807, 2.05) is 36.4 Å². The number of rotatable bonds is 4. The van der Waals surface area contributed by atoms with Crippen molar-refractivity contribution in [3.8, 4) is 0 Å². The summed E-state index contributed by atoms with van der Waals surface area (Å²) in [5.41, 5.74) is 1.05. The zero-order chi connectivity index (χ0) is 12.3. The first-order valence-corrected chi connectivity index (χ1v) is 6.48. The summed E-state index contributed by atoms with van der Waals surface area (Å²) in [6.07, 6.45) is 1.56. The second kappa shape index (κ2) is 5.61. The maximum atomic E-state index is 6.33. The van der Waals surface area contributed by atoms with Crippen molar-refractivity contribution in [1.82, 2.24) is 0 Å². The van der Waals surface area contributed by atoms with Gasteiger partial charge in [-0.2, -0.15) is 0 Å². The number of benzene rings is 1. The lowest BCUT2D eigenvalue weighted by Gasteiger charge is -2.08. The summed E-state index contributed by atoms with van der Waals surface area (Å²) in [5.74, 6) is 1.77.